The van der Waals surface area contributed by atoms with E-state index in [0.717, 1.165) is 50.2 Å². The summed E-state index contributed by atoms with van der Waals surface area (Å²) in [5.41, 5.74) is 10.7. The third-order valence-corrected chi connectivity index (χ3v) is 8.12. The number of allylic oxidation sites excluding steroid dienone is 1. The lowest BCUT2D eigenvalue weighted by Crippen LogP contribution is -2.50. The topological polar surface area (TPSA) is 87.7 Å². The summed E-state index contributed by atoms with van der Waals surface area (Å²) in [6.07, 6.45) is 10.9. The SMILES string of the molecule is CC12CCC(O)CC1=CCC1C2CCC2(C)/C(=N/NC(N)=O)CCC12. The van der Waals surface area contributed by atoms with Gasteiger partial charge in [0.2, 0.25) is 0 Å². The minimum atomic E-state index is -0.577. The predicted octanol–water partition coefficient (Wildman–Crippen LogP) is 3.33. The second-order valence-corrected chi connectivity index (χ2v) is 9.19. The van der Waals surface area contributed by atoms with Gasteiger partial charge in [-0.05, 0) is 74.5 Å². The van der Waals surface area contributed by atoms with Crippen molar-refractivity contribution in [2.24, 2.45) is 39.4 Å². The molecule has 0 aromatic rings. The zero-order valence-electron chi connectivity index (χ0n) is 15.4. The molecule has 4 aliphatic carbocycles. The van der Waals surface area contributed by atoms with Gasteiger partial charge in [-0.1, -0.05) is 25.5 Å². The van der Waals surface area contributed by atoms with Crippen LogP contribution in [0.3, 0.4) is 0 Å². The number of carbonyl (C=O) groups is 1. The Morgan fingerprint density at radius 2 is 1.96 bits per heavy atom. The summed E-state index contributed by atoms with van der Waals surface area (Å²) < 4.78 is 0. The van der Waals surface area contributed by atoms with Crippen molar-refractivity contribution < 1.29 is 9.90 Å². The number of nitrogens with two attached hydrogens (primary N) is 1. The maximum atomic E-state index is 11.1. The molecule has 3 fully saturated rings. The molecule has 6 unspecified atom stereocenters. The van der Waals surface area contributed by atoms with Crippen LogP contribution in [0.25, 0.3) is 0 Å². The minimum absolute atomic E-state index is 0.0967. The monoisotopic (exact) mass is 345 g/mol. The van der Waals surface area contributed by atoms with Crippen molar-refractivity contribution in [3.63, 3.8) is 0 Å². The van der Waals surface area contributed by atoms with Gasteiger partial charge in [0.15, 0.2) is 0 Å². The molecule has 0 spiro atoms. The lowest BCUT2D eigenvalue weighted by atomic mass is 9.48. The third kappa shape index (κ3) is 2.54. The van der Waals surface area contributed by atoms with Crippen molar-refractivity contribution in [2.45, 2.75) is 71.3 Å². The second-order valence-electron chi connectivity index (χ2n) is 9.19. The van der Waals surface area contributed by atoms with E-state index in [4.69, 9.17) is 5.73 Å². The van der Waals surface area contributed by atoms with Crippen molar-refractivity contribution in [2.75, 3.05) is 0 Å². The van der Waals surface area contributed by atoms with Gasteiger partial charge in [0.05, 0.1) is 6.10 Å². The quantitative estimate of drug-likeness (QED) is 0.503. The molecule has 0 heterocycles. The maximum absolute atomic E-state index is 11.1. The summed E-state index contributed by atoms with van der Waals surface area (Å²) in [7, 11) is 0. The Morgan fingerprint density at radius 1 is 1.24 bits per heavy atom. The fourth-order valence-electron chi connectivity index (χ4n) is 6.74. The first-order valence-corrected chi connectivity index (χ1v) is 9.84. The van der Waals surface area contributed by atoms with Crippen LogP contribution in [0.4, 0.5) is 4.79 Å². The number of primary amides is 1. The van der Waals surface area contributed by atoms with Gasteiger partial charge in [-0.2, -0.15) is 5.10 Å². The van der Waals surface area contributed by atoms with Gasteiger partial charge in [0, 0.05) is 11.1 Å². The predicted molar refractivity (Wildman–Crippen MR) is 97.9 cm³/mol. The van der Waals surface area contributed by atoms with E-state index in [9.17, 15) is 9.90 Å². The molecule has 138 valence electrons. The maximum Gasteiger partial charge on any atom is 0.332 e. The molecular weight excluding hydrogens is 314 g/mol. The van der Waals surface area contributed by atoms with E-state index in [0.29, 0.717) is 11.8 Å². The van der Waals surface area contributed by atoms with Gasteiger partial charge in [-0.25, -0.2) is 10.2 Å². The molecule has 0 saturated heterocycles. The van der Waals surface area contributed by atoms with E-state index in [-0.39, 0.29) is 16.9 Å². The van der Waals surface area contributed by atoms with Crippen molar-refractivity contribution in [1.29, 1.82) is 0 Å². The highest BCUT2D eigenvalue weighted by Crippen LogP contribution is 2.64. The zero-order chi connectivity index (χ0) is 17.8. The Morgan fingerprint density at radius 3 is 2.72 bits per heavy atom. The number of urea groups is 1. The van der Waals surface area contributed by atoms with Gasteiger partial charge in [-0.15, -0.1) is 0 Å². The number of carbonyl (C=O) groups excluding carboxylic acids is 1. The molecular formula is C20H31N3O2. The molecule has 4 aliphatic rings. The number of hydrazone groups is 1. The Hall–Kier alpha value is -1.36. The second kappa shape index (κ2) is 5.83. The smallest absolute Gasteiger partial charge is 0.332 e. The summed E-state index contributed by atoms with van der Waals surface area (Å²) in [5, 5.41) is 14.5. The molecule has 6 atom stereocenters. The summed E-state index contributed by atoms with van der Waals surface area (Å²) >= 11 is 0. The summed E-state index contributed by atoms with van der Waals surface area (Å²) in [6, 6.07) is -0.577. The lowest BCUT2D eigenvalue weighted by molar-refractivity contribution is -0.0209. The summed E-state index contributed by atoms with van der Waals surface area (Å²) in [5.74, 6) is 2.06. The van der Waals surface area contributed by atoms with Crippen molar-refractivity contribution >= 4 is 11.7 Å². The first-order chi connectivity index (χ1) is 11.8. The molecule has 5 nitrogen and oxygen atoms in total. The fourth-order valence-corrected chi connectivity index (χ4v) is 6.74. The average Bonchev–Trinajstić information content (AvgIpc) is 2.90. The van der Waals surface area contributed by atoms with E-state index < -0.39 is 6.03 Å². The van der Waals surface area contributed by atoms with Crippen LogP contribution in [-0.2, 0) is 0 Å². The molecule has 0 aromatic heterocycles. The molecule has 4 rings (SSSR count). The number of nitrogens with one attached hydrogen (secondary N) is 1. The fraction of sp³-hybridized carbons (Fsp3) is 0.800. The Balaban J connectivity index is 1.62. The largest absolute Gasteiger partial charge is 0.393 e. The molecule has 2 amide bonds. The first kappa shape index (κ1) is 17.1. The number of nitrogens with zero attached hydrogens (tertiary/aromatic N) is 1. The van der Waals surface area contributed by atoms with Crippen molar-refractivity contribution in [3.8, 4) is 0 Å². The number of hydrogen-bond donors (Lipinski definition) is 3. The number of hydrogen-bond acceptors (Lipinski definition) is 3. The zero-order valence-corrected chi connectivity index (χ0v) is 15.4. The average molecular weight is 345 g/mol. The van der Waals surface area contributed by atoms with Gasteiger partial charge in [0.1, 0.15) is 0 Å². The molecule has 25 heavy (non-hydrogen) atoms. The van der Waals surface area contributed by atoms with Crippen LogP contribution in [0.1, 0.15) is 65.2 Å². The number of rotatable bonds is 1. The molecule has 0 radical (unpaired) electrons. The number of amides is 2. The van der Waals surface area contributed by atoms with Crippen LogP contribution in [0.2, 0.25) is 0 Å². The Labute approximate surface area is 150 Å². The number of fused-ring (bicyclic) bond motifs is 5. The molecule has 3 saturated carbocycles. The standard InChI is InChI=1S/C20H31N3O2/c1-19-9-7-13(24)11-12(19)3-4-14-15-5-6-17(22-23-18(21)25)20(15,2)10-8-16(14)19/h3,13-16,24H,4-11H2,1-2H3,(H3,21,23,25)/b22-17+. The van der Waals surface area contributed by atoms with Crippen LogP contribution in [0.15, 0.2) is 16.8 Å². The van der Waals surface area contributed by atoms with Crippen LogP contribution in [0, 0.1) is 28.6 Å². The van der Waals surface area contributed by atoms with Gasteiger partial charge < -0.3 is 10.8 Å². The van der Waals surface area contributed by atoms with E-state index in [1.165, 1.54) is 18.4 Å². The highest BCUT2D eigenvalue weighted by molar-refractivity contribution is 5.93. The van der Waals surface area contributed by atoms with Crippen LogP contribution in [0.5, 0.6) is 0 Å². The highest BCUT2D eigenvalue weighted by atomic mass is 16.3. The molecule has 4 N–H and O–H groups in total. The molecule has 0 bridgehead atoms. The van der Waals surface area contributed by atoms with Crippen LogP contribution >= 0.6 is 0 Å². The molecule has 0 aromatic carbocycles. The number of aliphatic hydroxyl groups excluding tert-OH is 1. The van der Waals surface area contributed by atoms with E-state index >= 15 is 0 Å². The lowest BCUT2D eigenvalue weighted by Gasteiger charge is -2.57. The third-order valence-electron chi connectivity index (χ3n) is 8.12. The van der Waals surface area contributed by atoms with E-state index in [1.807, 2.05) is 0 Å². The van der Waals surface area contributed by atoms with Crippen LogP contribution in [-0.4, -0.2) is 23.0 Å². The van der Waals surface area contributed by atoms with E-state index in [1.54, 1.807) is 0 Å². The number of aliphatic hydroxyl groups is 1. The van der Waals surface area contributed by atoms with Crippen molar-refractivity contribution in [3.05, 3.63) is 11.6 Å². The van der Waals surface area contributed by atoms with Crippen molar-refractivity contribution in [1.82, 2.24) is 5.43 Å². The molecule has 5 heteroatoms. The highest BCUT2D eigenvalue weighted by Gasteiger charge is 2.57. The Kier molecular flexibility index (Phi) is 3.98. The minimum Gasteiger partial charge on any atom is -0.393 e. The molecule has 0 aliphatic heterocycles. The van der Waals surface area contributed by atoms with E-state index in [2.05, 4.69) is 30.5 Å². The van der Waals surface area contributed by atoms with Gasteiger partial charge in [0.25, 0.3) is 0 Å². The van der Waals surface area contributed by atoms with Gasteiger partial charge in [-0.3, -0.25) is 0 Å². The Bertz CT molecular complexity index is 643. The van der Waals surface area contributed by atoms with Crippen LogP contribution < -0.4 is 11.2 Å². The summed E-state index contributed by atoms with van der Waals surface area (Å²) in [6.45, 7) is 4.79. The summed E-state index contributed by atoms with van der Waals surface area (Å²) in [4.78, 5) is 11.1. The van der Waals surface area contributed by atoms with Gasteiger partial charge >= 0.3 is 6.03 Å². The first-order valence-electron chi connectivity index (χ1n) is 9.84. The normalized spacial score (nSPS) is 47.5.